The first kappa shape index (κ1) is 21.1. The number of nitrogens with one attached hydrogen (secondary N) is 1. The second-order valence-electron chi connectivity index (χ2n) is 7.82. The van der Waals surface area contributed by atoms with Crippen LogP contribution < -0.4 is 5.56 Å². The van der Waals surface area contributed by atoms with Gasteiger partial charge in [0.25, 0.3) is 5.56 Å². The molecule has 0 fully saturated rings. The van der Waals surface area contributed by atoms with E-state index in [2.05, 4.69) is 11.1 Å². The molecule has 5 rings (SSSR count). The summed E-state index contributed by atoms with van der Waals surface area (Å²) in [4.78, 5) is 33.5. The predicted molar refractivity (Wildman–Crippen MR) is 128 cm³/mol. The van der Waals surface area contributed by atoms with Crippen molar-refractivity contribution in [2.75, 3.05) is 7.11 Å². The lowest BCUT2D eigenvalue weighted by atomic mass is 10.1. The summed E-state index contributed by atoms with van der Waals surface area (Å²) in [5.74, 6) is 0.583. The average molecular weight is 460 g/mol. The zero-order valence-corrected chi connectivity index (χ0v) is 19.2. The van der Waals surface area contributed by atoms with Gasteiger partial charge in [-0.3, -0.25) is 9.36 Å². The number of ether oxygens (including phenoxy) is 1. The minimum absolute atomic E-state index is 0.139. The first-order valence-corrected chi connectivity index (χ1v) is 11.3. The van der Waals surface area contributed by atoms with Crippen LogP contribution in [0.25, 0.3) is 27.6 Å². The van der Waals surface area contributed by atoms with Crippen LogP contribution >= 0.6 is 11.8 Å². The van der Waals surface area contributed by atoms with Crippen LogP contribution in [0.1, 0.15) is 27.4 Å². The van der Waals surface area contributed by atoms with Crippen LogP contribution in [0, 0.1) is 13.8 Å². The van der Waals surface area contributed by atoms with E-state index in [1.807, 2.05) is 50.2 Å². The van der Waals surface area contributed by atoms with Gasteiger partial charge in [-0.05, 0) is 55.3 Å². The molecule has 0 amide bonds. The molecule has 33 heavy (non-hydrogen) atoms. The van der Waals surface area contributed by atoms with Gasteiger partial charge in [0, 0.05) is 10.9 Å². The molecular formula is C25H21N3O4S. The molecule has 0 atom stereocenters. The molecule has 0 spiro atoms. The fourth-order valence-corrected chi connectivity index (χ4v) is 4.85. The van der Waals surface area contributed by atoms with Gasteiger partial charge in [-0.1, -0.05) is 36.0 Å². The van der Waals surface area contributed by atoms with Crippen molar-refractivity contribution in [3.8, 4) is 5.69 Å². The van der Waals surface area contributed by atoms with Crippen LogP contribution in [-0.2, 0) is 10.5 Å². The van der Waals surface area contributed by atoms with Gasteiger partial charge in [0.1, 0.15) is 16.8 Å². The van der Waals surface area contributed by atoms with E-state index in [-0.39, 0.29) is 11.3 Å². The maximum atomic E-state index is 13.7. The number of carbonyl (C=O) groups is 1. The summed E-state index contributed by atoms with van der Waals surface area (Å²) in [5.41, 5.74) is 4.65. The summed E-state index contributed by atoms with van der Waals surface area (Å²) in [6.45, 7) is 4.00. The van der Waals surface area contributed by atoms with E-state index < -0.39 is 5.97 Å². The Hall–Kier alpha value is -3.78. The second kappa shape index (κ2) is 8.29. The van der Waals surface area contributed by atoms with Gasteiger partial charge in [0.15, 0.2) is 5.16 Å². The van der Waals surface area contributed by atoms with Crippen molar-refractivity contribution >= 4 is 39.7 Å². The largest absolute Gasteiger partial charge is 0.463 e. The summed E-state index contributed by atoms with van der Waals surface area (Å²) < 4.78 is 11.9. The number of H-pyrrole nitrogens is 1. The van der Waals surface area contributed by atoms with Crippen molar-refractivity contribution in [2.45, 2.75) is 24.8 Å². The lowest BCUT2D eigenvalue weighted by molar-refractivity contribution is 0.0563. The Morgan fingerprint density at radius 3 is 2.64 bits per heavy atom. The Kier molecular flexibility index (Phi) is 5.30. The van der Waals surface area contributed by atoms with Gasteiger partial charge >= 0.3 is 5.97 Å². The second-order valence-corrected chi connectivity index (χ2v) is 8.76. The molecule has 2 aromatic carbocycles. The van der Waals surface area contributed by atoms with Crippen molar-refractivity contribution in [3.63, 3.8) is 0 Å². The van der Waals surface area contributed by atoms with Gasteiger partial charge in [0.05, 0.1) is 18.6 Å². The number of esters is 1. The Bertz CT molecular complexity index is 1560. The predicted octanol–water partition coefficient (Wildman–Crippen LogP) is 5.16. The van der Waals surface area contributed by atoms with E-state index in [0.29, 0.717) is 27.7 Å². The minimum Gasteiger partial charge on any atom is -0.463 e. The SMILES string of the molecule is COC(=O)c1ccc(CSc2nc3c([nH]c4ccccc43)c(=O)n2-c2cc(C)cc(C)c2)o1. The normalized spacial score (nSPS) is 11.4. The molecule has 3 heterocycles. The standard InChI is InChI=1S/C25H21N3O4S/c1-14-10-15(2)12-16(11-14)28-23(29)22-21(18-6-4-5-7-19(18)26-22)27-25(28)33-13-17-8-9-20(32-17)24(30)31-3/h4-12,26H,13H2,1-3H3. The van der Waals surface area contributed by atoms with Gasteiger partial charge in [-0.2, -0.15) is 0 Å². The molecule has 7 nitrogen and oxygen atoms in total. The maximum absolute atomic E-state index is 13.7. The molecule has 0 saturated carbocycles. The molecule has 0 aliphatic heterocycles. The maximum Gasteiger partial charge on any atom is 0.373 e. The lowest BCUT2D eigenvalue weighted by Gasteiger charge is -2.13. The first-order valence-electron chi connectivity index (χ1n) is 10.4. The van der Waals surface area contributed by atoms with E-state index in [0.717, 1.165) is 27.7 Å². The topological polar surface area (TPSA) is 90.1 Å². The van der Waals surface area contributed by atoms with E-state index in [4.69, 9.17) is 14.1 Å². The molecule has 0 radical (unpaired) electrons. The quantitative estimate of drug-likeness (QED) is 0.222. The van der Waals surface area contributed by atoms with Gasteiger partial charge in [-0.15, -0.1) is 0 Å². The number of carbonyl (C=O) groups excluding carboxylic acids is 1. The van der Waals surface area contributed by atoms with Gasteiger partial charge in [-0.25, -0.2) is 9.78 Å². The fraction of sp³-hybridized carbons (Fsp3) is 0.160. The Morgan fingerprint density at radius 2 is 1.88 bits per heavy atom. The summed E-state index contributed by atoms with van der Waals surface area (Å²) >= 11 is 1.37. The number of furan rings is 1. The van der Waals surface area contributed by atoms with Crippen molar-refractivity contribution in [1.29, 1.82) is 0 Å². The molecule has 166 valence electrons. The molecule has 3 aromatic heterocycles. The number of thioether (sulfide) groups is 1. The number of aromatic amines is 1. The van der Waals surface area contributed by atoms with E-state index >= 15 is 0 Å². The van der Waals surface area contributed by atoms with Crippen molar-refractivity contribution in [3.05, 3.63) is 87.6 Å². The third-order valence-corrected chi connectivity index (χ3v) is 6.31. The highest BCUT2D eigenvalue weighted by Gasteiger charge is 2.19. The number of hydrogen-bond acceptors (Lipinski definition) is 6. The van der Waals surface area contributed by atoms with E-state index in [1.165, 1.54) is 18.9 Å². The van der Waals surface area contributed by atoms with E-state index in [1.54, 1.807) is 16.7 Å². The number of aryl methyl sites for hydroxylation is 2. The number of hydrogen-bond donors (Lipinski definition) is 1. The van der Waals surface area contributed by atoms with E-state index in [9.17, 15) is 9.59 Å². The summed E-state index contributed by atoms with van der Waals surface area (Å²) in [7, 11) is 1.31. The first-order chi connectivity index (χ1) is 15.9. The molecule has 8 heteroatoms. The third-order valence-electron chi connectivity index (χ3n) is 5.35. The number of rotatable bonds is 5. The number of methoxy groups -OCH3 is 1. The van der Waals surface area contributed by atoms with Gasteiger partial charge < -0.3 is 14.1 Å². The highest BCUT2D eigenvalue weighted by Crippen LogP contribution is 2.29. The minimum atomic E-state index is -0.531. The molecule has 0 bridgehead atoms. The summed E-state index contributed by atoms with van der Waals surface area (Å²) in [5, 5.41) is 1.43. The highest BCUT2D eigenvalue weighted by atomic mass is 32.2. The zero-order chi connectivity index (χ0) is 23.1. The molecule has 0 aliphatic rings. The monoisotopic (exact) mass is 459 g/mol. The van der Waals surface area contributed by atoms with Crippen molar-refractivity contribution in [1.82, 2.24) is 14.5 Å². The number of fused-ring (bicyclic) bond motifs is 3. The molecular weight excluding hydrogens is 438 g/mol. The highest BCUT2D eigenvalue weighted by molar-refractivity contribution is 7.98. The van der Waals surface area contributed by atoms with Crippen LogP contribution in [0.4, 0.5) is 0 Å². The van der Waals surface area contributed by atoms with Crippen molar-refractivity contribution < 1.29 is 13.9 Å². The number of para-hydroxylation sites is 1. The Balaban J connectivity index is 1.66. The lowest BCUT2D eigenvalue weighted by Crippen LogP contribution is -2.22. The fourth-order valence-electron chi connectivity index (χ4n) is 3.95. The summed E-state index contributed by atoms with van der Waals surface area (Å²) in [6, 6.07) is 17.0. The third kappa shape index (κ3) is 3.82. The molecule has 0 saturated heterocycles. The Labute approximate surface area is 193 Å². The average Bonchev–Trinajstić information content (AvgIpc) is 3.41. The Morgan fingerprint density at radius 1 is 1.12 bits per heavy atom. The van der Waals surface area contributed by atoms with Crippen LogP contribution in [0.2, 0.25) is 0 Å². The zero-order valence-electron chi connectivity index (χ0n) is 18.3. The molecule has 1 N–H and O–H groups in total. The van der Waals surface area contributed by atoms with Gasteiger partial charge in [0.2, 0.25) is 5.76 Å². The van der Waals surface area contributed by atoms with Crippen molar-refractivity contribution in [2.24, 2.45) is 0 Å². The van der Waals surface area contributed by atoms with Crippen LogP contribution in [0.3, 0.4) is 0 Å². The molecule has 0 unspecified atom stereocenters. The number of benzene rings is 2. The number of aromatic nitrogens is 3. The number of nitrogens with zero attached hydrogens (tertiary/aromatic N) is 2. The summed E-state index contributed by atoms with van der Waals surface area (Å²) in [6.07, 6.45) is 0. The smallest absolute Gasteiger partial charge is 0.373 e. The molecule has 0 aliphatic carbocycles. The van der Waals surface area contributed by atoms with Crippen LogP contribution in [0.15, 0.2) is 69.0 Å². The molecule has 5 aromatic rings. The van der Waals surface area contributed by atoms with Crippen LogP contribution in [0.5, 0.6) is 0 Å². The van der Waals surface area contributed by atoms with Crippen LogP contribution in [-0.4, -0.2) is 27.6 Å².